The standard InChI is InChI=1S/C11H20O3/c1-7(2)13-6-10(12)9-5-8-3-4-11(9)14-8/h7-12H,3-6H2,1-2H3. The molecule has 0 spiro atoms. The van der Waals surface area contributed by atoms with Gasteiger partial charge in [-0.3, -0.25) is 0 Å². The maximum absolute atomic E-state index is 9.91. The first-order valence-corrected chi connectivity index (χ1v) is 5.62. The molecule has 1 N–H and O–H groups in total. The molecule has 0 aromatic rings. The Morgan fingerprint density at radius 1 is 1.43 bits per heavy atom. The van der Waals surface area contributed by atoms with Crippen LogP contribution in [0, 0.1) is 5.92 Å². The van der Waals surface area contributed by atoms with Gasteiger partial charge in [0, 0.05) is 5.92 Å². The van der Waals surface area contributed by atoms with E-state index in [1.165, 1.54) is 6.42 Å². The van der Waals surface area contributed by atoms with Crippen LogP contribution in [0.2, 0.25) is 0 Å². The van der Waals surface area contributed by atoms with E-state index in [0.717, 1.165) is 12.8 Å². The number of hydrogen-bond donors (Lipinski definition) is 1. The fourth-order valence-electron chi connectivity index (χ4n) is 2.50. The van der Waals surface area contributed by atoms with Crippen LogP contribution in [0.5, 0.6) is 0 Å². The molecule has 2 heterocycles. The van der Waals surface area contributed by atoms with Crippen LogP contribution < -0.4 is 0 Å². The molecule has 0 aliphatic carbocycles. The van der Waals surface area contributed by atoms with Crippen LogP contribution >= 0.6 is 0 Å². The smallest absolute Gasteiger partial charge is 0.0827 e. The number of fused-ring (bicyclic) bond motifs is 2. The number of ether oxygens (including phenoxy) is 2. The zero-order valence-electron chi connectivity index (χ0n) is 8.98. The summed E-state index contributed by atoms with van der Waals surface area (Å²) in [6.07, 6.45) is 3.89. The lowest BCUT2D eigenvalue weighted by atomic mass is 9.85. The lowest BCUT2D eigenvalue weighted by molar-refractivity contribution is -0.0347. The molecule has 2 fully saturated rings. The Morgan fingerprint density at radius 2 is 2.21 bits per heavy atom. The van der Waals surface area contributed by atoms with Crippen molar-refractivity contribution >= 4 is 0 Å². The van der Waals surface area contributed by atoms with E-state index < -0.39 is 0 Å². The summed E-state index contributed by atoms with van der Waals surface area (Å²) in [7, 11) is 0. The summed E-state index contributed by atoms with van der Waals surface area (Å²) in [5, 5.41) is 9.91. The van der Waals surface area contributed by atoms with E-state index in [1.54, 1.807) is 0 Å². The average Bonchev–Trinajstić information content (AvgIpc) is 2.74. The van der Waals surface area contributed by atoms with Crippen LogP contribution in [0.3, 0.4) is 0 Å². The fourth-order valence-corrected chi connectivity index (χ4v) is 2.50. The van der Waals surface area contributed by atoms with Gasteiger partial charge in [0.25, 0.3) is 0 Å². The Balaban J connectivity index is 1.78. The van der Waals surface area contributed by atoms with Crippen molar-refractivity contribution in [3.05, 3.63) is 0 Å². The Hall–Kier alpha value is -0.120. The van der Waals surface area contributed by atoms with Gasteiger partial charge >= 0.3 is 0 Å². The van der Waals surface area contributed by atoms with Gasteiger partial charge in [0.1, 0.15) is 0 Å². The number of aliphatic hydroxyl groups excluding tert-OH is 1. The van der Waals surface area contributed by atoms with Crippen molar-refractivity contribution in [2.75, 3.05) is 6.61 Å². The molecule has 0 saturated carbocycles. The summed E-state index contributed by atoms with van der Waals surface area (Å²) in [6, 6.07) is 0. The van der Waals surface area contributed by atoms with Crippen LogP contribution in [0.25, 0.3) is 0 Å². The summed E-state index contributed by atoms with van der Waals surface area (Å²) in [5.74, 6) is 0.312. The van der Waals surface area contributed by atoms with Crippen molar-refractivity contribution in [2.45, 2.75) is 57.5 Å². The molecule has 3 nitrogen and oxygen atoms in total. The van der Waals surface area contributed by atoms with Gasteiger partial charge in [0.2, 0.25) is 0 Å². The van der Waals surface area contributed by atoms with Crippen LogP contribution in [-0.2, 0) is 9.47 Å². The van der Waals surface area contributed by atoms with Crippen LogP contribution in [0.4, 0.5) is 0 Å². The predicted octanol–water partition coefficient (Wildman–Crippen LogP) is 1.34. The predicted molar refractivity (Wildman–Crippen MR) is 53.1 cm³/mol. The maximum atomic E-state index is 9.91. The molecule has 0 aromatic carbocycles. The molecular weight excluding hydrogens is 180 g/mol. The Bertz CT molecular complexity index is 193. The number of rotatable bonds is 4. The highest BCUT2D eigenvalue weighted by Gasteiger charge is 2.43. The zero-order chi connectivity index (χ0) is 10.1. The van der Waals surface area contributed by atoms with Gasteiger partial charge < -0.3 is 14.6 Å². The van der Waals surface area contributed by atoms with Crippen molar-refractivity contribution in [3.63, 3.8) is 0 Å². The first kappa shape index (κ1) is 10.4. The first-order valence-electron chi connectivity index (χ1n) is 5.62. The van der Waals surface area contributed by atoms with E-state index in [-0.39, 0.29) is 12.2 Å². The summed E-state index contributed by atoms with van der Waals surface area (Å²) in [6.45, 7) is 4.43. The van der Waals surface area contributed by atoms with Crippen LogP contribution in [0.1, 0.15) is 33.1 Å². The van der Waals surface area contributed by atoms with Gasteiger partial charge in [-0.15, -0.1) is 0 Å². The van der Waals surface area contributed by atoms with Crippen molar-refractivity contribution in [3.8, 4) is 0 Å². The lowest BCUT2D eigenvalue weighted by Crippen LogP contribution is -2.33. The topological polar surface area (TPSA) is 38.7 Å². The van der Waals surface area contributed by atoms with Crippen LogP contribution in [0.15, 0.2) is 0 Å². The van der Waals surface area contributed by atoms with Crippen molar-refractivity contribution in [1.82, 2.24) is 0 Å². The highest BCUT2D eigenvalue weighted by molar-refractivity contribution is 4.92. The van der Waals surface area contributed by atoms with E-state index >= 15 is 0 Å². The average molecular weight is 200 g/mol. The van der Waals surface area contributed by atoms with Gasteiger partial charge in [-0.05, 0) is 33.1 Å². The Kier molecular flexibility index (Phi) is 3.10. The third kappa shape index (κ3) is 2.10. The molecule has 2 bridgehead atoms. The van der Waals surface area contributed by atoms with Crippen molar-refractivity contribution < 1.29 is 14.6 Å². The fraction of sp³-hybridized carbons (Fsp3) is 1.00. The largest absolute Gasteiger partial charge is 0.390 e. The monoisotopic (exact) mass is 200 g/mol. The summed E-state index contributed by atoms with van der Waals surface area (Å²) in [5.41, 5.74) is 0. The SMILES string of the molecule is CC(C)OCC(O)C1CC2CCC1O2. The third-order valence-electron chi connectivity index (χ3n) is 3.25. The van der Waals surface area contributed by atoms with Gasteiger partial charge in [-0.2, -0.15) is 0 Å². The van der Waals surface area contributed by atoms with E-state index in [1.807, 2.05) is 13.8 Å². The molecule has 0 radical (unpaired) electrons. The van der Waals surface area contributed by atoms with Gasteiger partial charge in [-0.25, -0.2) is 0 Å². The zero-order valence-corrected chi connectivity index (χ0v) is 8.98. The normalized spacial score (nSPS) is 38.1. The summed E-state index contributed by atoms with van der Waals surface area (Å²) >= 11 is 0. The quantitative estimate of drug-likeness (QED) is 0.744. The first-order chi connectivity index (χ1) is 6.66. The molecule has 3 heteroatoms. The Labute approximate surface area is 85.4 Å². The molecule has 14 heavy (non-hydrogen) atoms. The molecule has 2 aliphatic heterocycles. The highest BCUT2D eigenvalue weighted by atomic mass is 16.5. The van der Waals surface area contributed by atoms with E-state index in [9.17, 15) is 5.11 Å². The third-order valence-corrected chi connectivity index (χ3v) is 3.25. The molecule has 2 saturated heterocycles. The molecule has 0 aromatic heterocycles. The molecule has 0 amide bonds. The Morgan fingerprint density at radius 3 is 2.71 bits per heavy atom. The van der Waals surface area contributed by atoms with E-state index in [0.29, 0.717) is 24.7 Å². The van der Waals surface area contributed by atoms with Crippen molar-refractivity contribution in [1.29, 1.82) is 0 Å². The van der Waals surface area contributed by atoms with Gasteiger partial charge in [0.05, 0.1) is 31.0 Å². The van der Waals surface area contributed by atoms with Gasteiger partial charge in [0.15, 0.2) is 0 Å². The summed E-state index contributed by atoms with van der Waals surface area (Å²) in [4.78, 5) is 0. The van der Waals surface area contributed by atoms with Crippen LogP contribution in [-0.4, -0.2) is 36.1 Å². The number of aliphatic hydroxyl groups is 1. The number of hydrogen-bond acceptors (Lipinski definition) is 3. The maximum Gasteiger partial charge on any atom is 0.0827 e. The molecule has 4 unspecified atom stereocenters. The minimum absolute atomic E-state index is 0.198. The minimum atomic E-state index is -0.340. The minimum Gasteiger partial charge on any atom is -0.390 e. The molecule has 2 aliphatic rings. The van der Waals surface area contributed by atoms with E-state index in [2.05, 4.69) is 0 Å². The molecule has 4 atom stereocenters. The lowest BCUT2D eigenvalue weighted by Gasteiger charge is -2.24. The molecular formula is C11H20O3. The molecule has 2 rings (SSSR count). The highest BCUT2D eigenvalue weighted by Crippen LogP contribution is 2.40. The van der Waals surface area contributed by atoms with E-state index in [4.69, 9.17) is 9.47 Å². The summed E-state index contributed by atoms with van der Waals surface area (Å²) < 4.78 is 11.1. The second-order valence-corrected chi connectivity index (χ2v) is 4.72. The van der Waals surface area contributed by atoms with Crippen molar-refractivity contribution in [2.24, 2.45) is 5.92 Å². The second-order valence-electron chi connectivity index (χ2n) is 4.72. The van der Waals surface area contributed by atoms with Gasteiger partial charge in [-0.1, -0.05) is 0 Å². The second kappa shape index (κ2) is 4.17. The molecule has 82 valence electrons.